The lowest BCUT2D eigenvalue weighted by atomic mass is 10.2. The Balaban J connectivity index is 2.57. The molecule has 0 unspecified atom stereocenters. The third-order valence-electron chi connectivity index (χ3n) is 2.11. The predicted molar refractivity (Wildman–Crippen MR) is 60.1 cm³/mol. The number of ether oxygens (including phenoxy) is 1. The van der Waals surface area contributed by atoms with Gasteiger partial charge in [-0.2, -0.15) is 0 Å². The van der Waals surface area contributed by atoms with Crippen LogP contribution in [0, 0.1) is 0 Å². The summed E-state index contributed by atoms with van der Waals surface area (Å²) in [6, 6.07) is 8.27. The van der Waals surface area contributed by atoms with Crippen molar-refractivity contribution in [3.05, 3.63) is 30.5 Å². The van der Waals surface area contributed by atoms with Gasteiger partial charge in [-0.1, -0.05) is 6.07 Å². The van der Waals surface area contributed by atoms with Crippen LogP contribution in [0.25, 0.3) is 10.8 Å². The minimum absolute atomic E-state index is 0.661. The van der Waals surface area contributed by atoms with Gasteiger partial charge in [0.2, 0.25) is 5.88 Å². The van der Waals surface area contributed by atoms with E-state index in [0.29, 0.717) is 5.88 Å². The number of fused-ring (bicyclic) bond motifs is 1. The van der Waals surface area contributed by atoms with Gasteiger partial charge in [0.1, 0.15) is 0 Å². The summed E-state index contributed by atoms with van der Waals surface area (Å²) in [7, 11) is 1.63. The Kier molecular flexibility index (Phi) is 2.59. The van der Waals surface area contributed by atoms with Gasteiger partial charge in [-0.25, -0.2) is 4.98 Å². The summed E-state index contributed by atoms with van der Waals surface area (Å²) < 4.78 is 5.06. The zero-order valence-corrected chi connectivity index (χ0v) is 8.97. The Morgan fingerprint density at radius 3 is 2.79 bits per heavy atom. The van der Waals surface area contributed by atoms with E-state index in [1.54, 1.807) is 18.9 Å². The minimum atomic E-state index is 0.661. The average molecular weight is 205 g/mol. The van der Waals surface area contributed by atoms with Crippen LogP contribution in [0.2, 0.25) is 0 Å². The lowest BCUT2D eigenvalue weighted by molar-refractivity contribution is 0.399. The van der Waals surface area contributed by atoms with Gasteiger partial charge in [0.15, 0.2) is 0 Å². The van der Waals surface area contributed by atoms with Crippen molar-refractivity contribution in [1.29, 1.82) is 0 Å². The molecule has 2 rings (SSSR count). The number of rotatable bonds is 2. The second-order valence-electron chi connectivity index (χ2n) is 2.94. The van der Waals surface area contributed by atoms with E-state index in [4.69, 9.17) is 4.74 Å². The number of pyridine rings is 1. The van der Waals surface area contributed by atoms with Crippen molar-refractivity contribution >= 4 is 22.5 Å². The summed E-state index contributed by atoms with van der Waals surface area (Å²) in [4.78, 5) is 5.42. The van der Waals surface area contributed by atoms with Crippen LogP contribution >= 0.6 is 11.8 Å². The van der Waals surface area contributed by atoms with Gasteiger partial charge in [-0.3, -0.25) is 0 Å². The topological polar surface area (TPSA) is 22.1 Å². The Labute approximate surface area is 87.3 Å². The molecule has 0 saturated heterocycles. The summed E-state index contributed by atoms with van der Waals surface area (Å²) in [6.45, 7) is 0. The third kappa shape index (κ3) is 1.68. The van der Waals surface area contributed by atoms with Crippen LogP contribution < -0.4 is 4.74 Å². The van der Waals surface area contributed by atoms with Gasteiger partial charge < -0.3 is 4.74 Å². The lowest BCUT2D eigenvalue weighted by Gasteiger charge is -2.02. The number of methoxy groups -OCH3 is 1. The third-order valence-corrected chi connectivity index (χ3v) is 2.84. The van der Waals surface area contributed by atoms with E-state index in [9.17, 15) is 0 Å². The summed E-state index contributed by atoms with van der Waals surface area (Å²) in [5.74, 6) is 0.661. The van der Waals surface area contributed by atoms with Crippen molar-refractivity contribution in [2.45, 2.75) is 4.90 Å². The Morgan fingerprint density at radius 2 is 2.07 bits per heavy atom. The number of thioether (sulfide) groups is 1. The standard InChI is InChI=1S/C11H11NOS/c1-13-11-6-8-3-4-10(14-2)5-9(8)7-12-11/h3-7H,1-2H3. The molecule has 0 amide bonds. The molecule has 0 spiro atoms. The van der Waals surface area contributed by atoms with Gasteiger partial charge in [0, 0.05) is 22.5 Å². The van der Waals surface area contributed by atoms with Crippen molar-refractivity contribution in [1.82, 2.24) is 4.98 Å². The summed E-state index contributed by atoms with van der Waals surface area (Å²) in [6.07, 6.45) is 3.91. The molecule has 1 aromatic carbocycles. The largest absolute Gasteiger partial charge is 0.481 e. The molecular weight excluding hydrogens is 194 g/mol. The first-order valence-electron chi connectivity index (χ1n) is 4.31. The highest BCUT2D eigenvalue weighted by atomic mass is 32.2. The van der Waals surface area contributed by atoms with E-state index in [-0.39, 0.29) is 0 Å². The van der Waals surface area contributed by atoms with E-state index in [1.807, 2.05) is 12.3 Å². The summed E-state index contributed by atoms with van der Waals surface area (Å²) in [5.41, 5.74) is 0. The molecule has 0 N–H and O–H groups in total. The minimum Gasteiger partial charge on any atom is -0.481 e. The second-order valence-corrected chi connectivity index (χ2v) is 3.82. The molecule has 1 aromatic heterocycles. The number of hydrogen-bond donors (Lipinski definition) is 0. The maximum atomic E-state index is 5.06. The quantitative estimate of drug-likeness (QED) is 0.704. The van der Waals surface area contributed by atoms with Crippen LogP contribution in [-0.4, -0.2) is 18.3 Å². The van der Waals surface area contributed by atoms with E-state index in [2.05, 4.69) is 29.4 Å². The van der Waals surface area contributed by atoms with Gasteiger partial charge in [0.25, 0.3) is 0 Å². The molecule has 0 aliphatic rings. The van der Waals surface area contributed by atoms with Crippen LogP contribution in [0.3, 0.4) is 0 Å². The van der Waals surface area contributed by atoms with Crippen LogP contribution in [-0.2, 0) is 0 Å². The van der Waals surface area contributed by atoms with E-state index >= 15 is 0 Å². The fourth-order valence-electron chi connectivity index (χ4n) is 1.34. The molecule has 2 nitrogen and oxygen atoms in total. The molecule has 0 atom stereocenters. The van der Waals surface area contributed by atoms with Gasteiger partial charge in [0.05, 0.1) is 7.11 Å². The normalized spacial score (nSPS) is 10.4. The van der Waals surface area contributed by atoms with E-state index in [0.717, 1.165) is 10.8 Å². The molecule has 2 aromatic rings. The van der Waals surface area contributed by atoms with Crippen molar-refractivity contribution in [2.24, 2.45) is 0 Å². The van der Waals surface area contributed by atoms with Crippen LogP contribution in [0.1, 0.15) is 0 Å². The van der Waals surface area contributed by atoms with Crippen molar-refractivity contribution < 1.29 is 4.74 Å². The molecule has 3 heteroatoms. The number of aromatic nitrogens is 1. The number of nitrogens with zero attached hydrogens (tertiary/aromatic N) is 1. The summed E-state index contributed by atoms with van der Waals surface area (Å²) in [5, 5.41) is 2.31. The molecule has 0 saturated carbocycles. The molecule has 14 heavy (non-hydrogen) atoms. The first-order chi connectivity index (χ1) is 6.83. The maximum Gasteiger partial charge on any atom is 0.213 e. The van der Waals surface area contributed by atoms with Crippen molar-refractivity contribution in [2.75, 3.05) is 13.4 Å². The van der Waals surface area contributed by atoms with Crippen molar-refractivity contribution in [3.8, 4) is 5.88 Å². The molecular formula is C11H11NOS. The molecule has 0 radical (unpaired) electrons. The van der Waals surface area contributed by atoms with Crippen LogP contribution in [0.4, 0.5) is 0 Å². The zero-order valence-electron chi connectivity index (χ0n) is 8.15. The van der Waals surface area contributed by atoms with Gasteiger partial charge >= 0.3 is 0 Å². The van der Waals surface area contributed by atoms with Crippen LogP contribution in [0.5, 0.6) is 5.88 Å². The maximum absolute atomic E-state index is 5.06. The van der Waals surface area contributed by atoms with Crippen LogP contribution in [0.15, 0.2) is 35.4 Å². The molecule has 0 bridgehead atoms. The fourth-order valence-corrected chi connectivity index (χ4v) is 1.79. The van der Waals surface area contributed by atoms with E-state index < -0.39 is 0 Å². The van der Waals surface area contributed by atoms with Crippen molar-refractivity contribution in [3.63, 3.8) is 0 Å². The Hall–Kier alpha value is -1.22. The smallest absolute Gasteiger partial charge is 0.213 e. The molecule has 1 heterocycles. The fraction of sp³-hybridized carbons (Fsp3) is 0.182. The Morgan fingerprint density at radius 1 is 1.21 bits per heavy atom. The highest BCUT2D eigenvalue weighted by Crippen LogP contribution is 2.23. The first kappa shape index (κ1) is 9.34. The van der Waals surface area contributed by atoms with Gasteiger partial charge in [-0.15, -0.1) is 11.8 Å². The lowest BCUT2D eigenvalue weighted by Crippen LogP contribution is -1.86. The van der Waals surface area contributed by atoms with Gasteiger partial charge in [-0.05, 0) is 23.8 Å². The predicted octanol–water partition coefficient (Wildman–Crippen LogP) is 2.97. The number of benzene rings is 1. The summed E-state index contributed by atoms with van der Waals surface area (Å²) >= 11 is 1.73. The molecule has 72 valence electrons. The number of hydrogen-bond acceptors (Lipinski definition) is 3. The zero-order chi connectivity index (χ0) is 9.97. The molecule has 0 aliphatic carbocycles. The molecule has 0 aliphatic heterocycles. The second kappa shape index (κ2) is 3.88. The highest BCUT2D eigenvalue weighted by Gasteiger charge is 1.98. The molecule has 0 fully saturated rings. The highest BCUT2D eigenvalue weighted by molar-refractivity contribution is 7.98. The Bertz CT molecular complexity index is 413. The monoisotopic (exact) mass is 205 g/mol. The van der Waals surface area contributed by atoms with E-state index in [1.165, 1.54) is 4.90 Å². The average Bonchev–Trinajstić information content (AvgIpc) is 2.27. The SMILES string of the molecule is COc1cc2ccc(SC)cc2cn1. The first-order valence-corrected chi connectivity index (χ1v) is 5.54.